The summed E-state index contributed by atoms with van der Waals surface area (Å²) in [4.78, 5) is 28.6. The fourth-order valence-electron chi connectivity index (χ4n) is 3.62. The Balaban J connectivity index is 1.46. The minimum absolute atomic E-state index is 0.0970. The summed E-state index contributed by atoms with van der Waals surface area (Å²) < 4.78 is 11.2. The van der Waals surface area contributed by atoms with Gasteiger partial charge in [0.15, 0.2) is 6.10 Å². The summed E-state index contributed by atoms with van der Waals surface area (Å²) in [5.74, 6) is 0.291. The van der Waals surface area contributed by atoms with E-state index in [1.807, 2.05) is 35.2 Å². The second kappa shape index (κ2) is 7.72. The Labute approximate surface area is 162 Å². The first-order chi connectivity index (χ1) is 13.1. The van der Waals surface area contributed by atoms with E-state index in [0.29, 0.717) is 11.5 Å². The highest BCUT2D eigenvalue weighted by Gasteiger charge is 2.27. The largest absolute Gasteiger partial charge is 0.488 e. The molecule has 2 aliphatic rings. The van der Waals surface area contributed by atoms with Gasteiger partial charge in [-0.15, -0.1) is 11.3 Å². The molecule has 0 radical (unpaired) electrons. The van der Waals surface area contributed by atoms with Gasteiger partial charge in [0.05, 0.1) is 0 Å². The molecule has 0 aliphatic carbocycles. The van der Waals surface area contributed by atoms with E-state index in [-0.39, 0.29) is 5.91 Å². The molecule has 1 unspecified atom stereocenters. The van der Waals surface area contributed by atoms with Gasteiger partial charge in [-0.3, -0.25) is 4.79 Å². The van der Waals surface area contributed by atoms with Crippen molar-refractivity contribution in [2.75, 3.05) is 13.1 Å². The number of para-hydroxylation sites is 1. The zero-order chi connectivity index (χ0) is 18.8. The number of carbonyl (C=O) groups excluding carboxylic acids is 2. The zero-order valence-corrected chi connectivity index (χ0v) is 16.2. The monoisotopic (exact) mass is 385 g/mol. The quantitative estimate of drug-likeness (QED) is 0.741. The van der Waals surface area contributed by atoms with Crippen LogP contribution in [0.2, 0.25) is 0 Å². The van der Waals surface area contributed by atoms with Gasteiger partial charge in [-0.2, -0.15) is 0 Å². The molecule has 1 atom stereocenters. The van der Waals surface area contributed by atoms with Crippen LogP contribution < -0.4 is 4.74 Å². The molecule has 1 saturated heterocycles. The number of nitrogens with zero attached hydrogens (tertiary/aromatic N) is 1. The average Bonchev–Trinajstić information content (AvgIpc) is 2.95. The maximum atomic E-state index is 12.6. The molecule has 142 valence electrons. The van der Waals surface area contributed by atoms with E-state index in [0.717, 1.165) is 60.5 Å². The van der Waals surface area contributed by atoms with Crippen molar-refractivity contribution in [3.8, 4) is 16.2 Å². The molecule has 27 heavy (non-hydrogen) atoms. The third-order valence-corrected chi connectivity index (χ3v) is 6.27. The van der Waals surface area contributed by atoms with Crippen LogP contribution in [0.1, 0.15) is 47.8 Å². The number of benzene rings is 1. The summed E-state index contributed by atoms with van der Waals surface area (Å²) in [7, 11) is 0. The molecule has 6 heteroatoms. The number of amides is 1. The molecule has 3 heterocycles. The summed E-state index contributed by atoms with van der Waals surface area (Å²) in [6, 6.07) is 9.63. The van der Waals surface area contributed by atoms with E-state index in [4.69, 9.17) is 9.47 Å². The van der Waals surface area contributed by atoms with E-state index in [1.54, 1.807) is 6.92 Å². The molecule has 0 saturated carbocycles. The molecule has 0 N–H and O–H groups in total. The van der Waals surface area contributed by atoms with Crippen molar-refractivity contribution in [2.24, 2.45) is 0 Å². The summed E-state index contributed by atoms with van der Waals surface area (Å²) >= 11 is 1.40. The van der Waals surface area contributed by atoms with Gasteiger partial charge in [0.1, 0.15) is 17.2 Å². The first-order valence-electron chi connectivity index (χ1n) is 9.48. The molecule has 2 aromatic rings. The van der Waals surface area contributed by atoms with Gasteiger partial charge in [0.25, 0.3) is 5.91 Å². The third-order valence-electron chi connectivity index (χ3n) is 5.07. The summed E-state index contributed by atoms with van der Waals surface area (Å²) in [6.07, 6.45) is 3.58. The maximum absolute atomic E-state index is 12.6. The standard InChI is InChI=1S/C21H23NO4S/c1-14(20(23)22-10-6-2-3-7-11-22)26-21(24)18-12-15-13-25-17-9-5-4-8-16(17)19(15)27-18/h4-5,8-9,12,14H,2-3,6-7,10-11,13H2,1H3. The number of hydrogen-bond acceptors (Lipinski definition) is 5. The van der Waals surface area contributed by atoms with Crippen LogP contribution in [0.3, 0.4) is 0 Å². The lowest BCUT2D eigenvalue weighted by atomic mass is 10.1. The number of thiophene rings is 1. The molecular weight excluding hydrogens is 362 g/mol. The average molecular weight is 385 g/mol. The molecule has 2 aliphatic heterocycles. The lowest BCUT2D eigenvalue weighted by Gasteiger charge is -2.23. The van der Waals surface area contributed by atoms with E-state index in [2.05, 4.69) is 0 Å². The lowest BCUT2D eigenvalue weighted by Crippen LogP contribution is -2.40. The minimum atomic E-state index is -0.765. The SMILES string of the molecule is CC(OC(=O)c1cc2c(s1)-c1ccccc1OC2)C(=O)N1CCCCCC1. The molecular formula is C21H23NO4S. The predicted molar refractivity (Wildman–Crippen MR) is 104 cm³/mol. The molecule has 0 spiro atoms. The number of rotatable bonds is 3. The first kappa shape index (κ1) is 18.0. The van der Waals surface area contributed by atoms with E-state index in [1.165, 1.54) is 11.3 Å². The predicted octanol–water partition coefficient (Wildman–Crippen LogP) is 4.26. The normalized spacial score (nSPS) is 17.1. The zero-order valence-electron chi connectivity index (χ0n) is 15.4. The van der Waals surface area contributed by atoms with Gasteiger partial charge in [-0.25, -0.2) is 4.79 Å². The van der Waals surface area contributed by atoms with Crippen LogP contribution in [0.5, 0.6) is 5.75 Å². The van der Waals surface area contributed by atoms with Crippen molar-refractivity contribution in [1.29, 1.82) is 0 Å². The van der Waals surface area contributed by atoms with Gasteiger partial charge in [-0.1, -0.05) is 25.0 Å². The van der Waals surface area contributed by atoms with Crippen molar-refractivity contribution in [1.82, 2.24) is 4.90 Å². The molecule has 1 aromatic heterocycles. The molecule has 5 nitrogen and oxygen atoms in total. The van der Waals surface area contributed by atoms with Crippen LogP contribution >= 0.6 is 11.3 Å². The van der Waals surface area contributed by atoms with Crippen molar-refractivity contribution in [3.05, 3.63) is 40.8 Å². The van der Waals surface area contributed by atoms with Crippen molar-refractivity contribution < 1.29 is 19.1 Å². The highest BCUT2D eigenvalue weighted by atomic mass is 32.1. The number of hydrogen-bond donors (Lipinski definition) is 0. The van der Waals surface area contributed by atoms with Gasteiger partial charge in [0.2, 0.25) is 0 Å². The van der Waals surface area contributed by atoms with Gasteiger partial charge in [-0.05, 0) is 38.0 Å². The number of likely N-dealkylation sites (tertiary alicyclic amines) is 1. The number of carbonyl (C=O) groups is 2. The van der Waals surface area contributed by atoms with E-state index in [9.17, 15) is 9.59 Å². The van der Waals surface area contributed by atoms with Crippen molar-refractivity contribution >= 4 is 23.2 Å². The highest BCUT2D eigenvalue weighted by molar-refractivity contribution is 7.17. The van der Waals surface area contributed by atoms with Crippen LogP contribution in [0, 0.1) is 0 Å². The first-order valence-corrected chi connectivity index (χ1v) is 10.3. The lowest BCUT2D eigenvalue weighted by molar-refractivity contribution is -0.139. The van der Waals surface area contributed by atoms with Crippen molar-refractivity contribution in [2.45, 2.75) is 45.3 Å². The topological polar surface area (TPSA) is 55.8 Å². The smallest absolute Gasteiger partial charge is 0.349 e. The Morgan fingerprint density at radius 1 is 1.15 bits per heavy atom. The molecule has 4 rings (SSSR count). The fourth-order valence-corrected chi connectivity index (χ4v) is 4.70. The second-order valence-corrected chi connectivity index (χ2v) is 8.09. The highest BCUT2D eigenvalue weighted by Crippen LogP contribution is 2.42. The summed E-state index contributed by atoms with van der Waals surface area (Å²) in [6.45, 7) is 3.61. The van der Waals surface area contributed by atoms with Crippen LogP contribution in [0.25, 0.3) is 10.4 Å². The summed E-state index contributed by atoms with van der Waals surface area (Å²) in [5.41, 5.74) is 1.98. The van der Waals surface area contributed by atoms with E-state index >= 15 is 0 Å². The fraction of sp³-hybridized carbons (Fsp3) is 0.429. The van der Waals surface area contributed by atoms with Crippen LogP contribution in [-0.2, 0) is 16.1 Å². The Morgan fingerprint density at radius 3 is 2.67 bits per heavy atom. The number of fused-ring (bicyclic) bond motifs is 3. The Kier molecular flexibility index (Phi) is 5.16. The van der Waals surface area contributed by atoms with Crippen molar-refractivity contribution in [3.63, 3.8) is 0 Å². The third kappa shape index (κ3) is 3.72. The van der Waals surface area contributed by atoms with Gasteiger partial charge >= 0.3 is 5.97 Å². The number of ether oxygens (including phenoxy) is 2. The van der Waals surface area contributed by atoms with Gasteiger partial charge in [0, 0.05) is 29.1 Å². The molecule has 1 aromatic carbocycles. The Morgan fingerprint density at radius 2 is 1.89 bits per heavy atom. The molecule has 0 bridgehead atoms. The Hall–Kier alpha value is -2.34. The minimum Gasteiger partial charge on any atom is -0.488 e. The van der Waals surface area contributed by atoms with E-state index < -0.39 is 12.1 Å². The van der Waals surface area contributed by atoms with Gasteiger partial charge < -0.3 is 14.4 Å². The summed E-state index contributed by atoms with van der Waals surface area (Å²) in [5, 5.41) is 0. The number of esters is 1. The van der Waals surface area contributed by atoms with Crippen LogP contribution in [-0.4, -0.2) is 36.0 Å². The Bertz CT molecular complexity index is 852. The molecule has 1 fully saturated rings. The maximum Gasteiger partial charge on any atom is 0.349 e. The van der Waals surface area contributed by atoms with Crippen LogP contribution in [0.15, 0.2) is 30.3 Å². The second-order valence-electron chi connectivity index (χ2n) is 7.04. The van der Waals surface area contributed by atoms with Crippen LogP contribution in [0.4, 0.5) is 0 Å². The molecule has 1 amide bonds.